The summed E-state index contributed by atoms with van der Waals surface area (Å²) in [5.74, 6) is 0.780. The van der Waals surface area contributed by atoms with Crippen LogP contribution in [-0.2, 0) is 19.6 Å². The van der Waals surface area contributed by atoms with Crippen molar-refractivity contribution in [3.05, 3.63) is 78.4 Å². The molecule has 3 aromatic rings. The number of hydrogen-bond acceptors (Lipinski definition) is 8. The van der Waals surface area contributed by atoms with Crippen LogP contribution in [0.1, 0.15) is 5.56 Å². The Kier molecular flexibility index (Phi) is 9.66. The maximum absolute atomic E-state index is 12.3. The van der Waals surface area contributed by atoms with Crippen molar-refractivity contribution in [2.24, 2.45) is 5.10 Å². The predicted molar refractivity (Wildman–Crippen MR) is 144 cm³/mol. The molecular formula is C26H28N4O7S. The second-order valence-corrected chi connectivity index (χ2v) is 9.80. The Hall–Kier alpha value is -4.58. The molecule has 0 fully saturated rings. The number of nitrogens with zero attached hydrogens (tertiary/aromatic N) is 2. The zero-order chi connectivity index (χ0) is 27.5. The number of hydrogen-bond donors (Lipinski definition) is 2. The molecule has 0 unspecified atom stereocenters. The summed E-state index contributed by atoms with van der Waals surface area (Å²) in [5.41, 5.74) is 3.91. The molecule has 0 aliphatic carbocycles. The molecule has 2 N–H and O–H groups in total. The van der Waals surface area contributed by atoms with E-state index in [2.05, 4.69) is 15.8 Å². The Morgan fingerprint density at radius 2 is 1.39 bits per heavy atom. The average molecular weight is 541 g/mol. The molecule has 2 amide bonds. The van der Waals surface area contributed by atoms with Crippen molar-refractivity contribution in [2.75, 3.05) is 43.2 Å². The number of methoxy groups -OCH3 is 2. The van der Waals surface area contributed by atoms with E-state index in [-0.39, 0.29) is 12.5 Å². The Bertz CT molecular complexity index is 1360. The van der Waals surface area contributed by atoms with Gasteiger partial charge < -0.3 is 19.5 Å². The molecule has 3 aromatic carbocycles. The van der Waals surface area contributed by atoms with Gasteiger partial charge in [-0.2, -0.15) is 5.10 Å². The number of sulfonamides is 1. The third-order valence-electron chi connectivity index (χ3n) is 5.07. The number of rotatable bonds is 12. The number of hydrazone groups is 1. The van der Waals surface area contributed by atoms with Crippen LogP contribution in [0.25, 0.3) is 0 Å². The van der Waals surface area contributed by atoms with Gasteiger partial charge >= 0.3 is 0 Å². The quantitative estimate of drug-likeness (QED) is 0.266. The van der Waals surface area contributed by atoms with Crippen LogP contribution in [0.5, 0.6) is 17.2 Å². The van der Waals surface area contributed by atoms with Crippen LogP contribution in [0, 0.1) is 0 Å². The summed E-state index contributed by atoms with van der Waals surface area (Å²) >= 11 is 0. The smallest absolute Gasteiger partial charge is 0.262 e. The first-order valence-corrected chi connectivity index (χ1v) is 13.1. The molecule has 0 aromatic heterocycles. The van der Waals surface area contributed by atoms with Crippen LogP contribution in [0.2, 0.25) is 0 Å². The van der Waals surface area contributed by atoms with E-state index >= 15 is 0 Å². The molecule has 11 nitrogen and oxygen atoms in total. The first-order valence-electron chi connectivity index (χ1n) is 11.3. The fraction of sp³-hybridized carbons (Fsp3) is 0.192. The molecule has 0 spiro atoms. The summed E-state index contributed by atoms with van der Waals surface area (Å²) in [5, 5.41) is 6.60. The lowest BCUT2D eigenvalue weighted by Crippen LogP contribution is -2.39. The number of nitrogens with one attached hydrogen (secondary N) is 2. The molecule has 0 saturated heterocycles. The number of benzene rings is 3. The maximum atomic E-state index is 12.3. The largest absolute Gasteiger partial charge is 0.497 e. The summed E-state index contributed by atoms with van der Waals surface area (Å²) in [7, 11) is -0.652. The minimum atomic E-state index is -3.71. The van der Waals surface area contributed by atoms with Gasteiger partial charge in [0.05, 0.1) is 32.4 Å². The number of ether oxygens (including phenoxy) is 3. The molecule has 38 heavy (non-hydrogen) atoms. The van der Waals surface area contributed by atoms with Gasteiger partial charge in [0, 0.05) is 5.69 Å². The van der Waals surface area contributed by atoms with Gasteiger partial charge in [-0.25, -0.2) is 13.8 Å². The molecular weight excluding hydrogens is 512 g/mol. The van der Waals surface area contributed by atoms with Gasteiger partial charge in [-0.1, -0.05) is 0 Å². The lowest BCUT2D eigenvalue weighted by molar-refractivity contribution is -0.119. The van der Waals surface area contributed by atoms with Crippen molar-refractivity contribution in [2.45, 2.75) is 0 Å². The van der Waals surface area contributed by atoms with Crippen LogP contribution in [0.3, 0.4) is 0 Å². The van der Waals surface area contributed by atoms with Crippen LogP contribution in [0.15, 0.2) is 77.9 Å². The second-order valence-electron chi connectivity index (χ2n) is 7.90. The predicted octanol–water partition coefficient (Wildman–Crippen LogP) is 2.64. The standard InChI is InChI=1S/C26H28N4O7S/c1-35-22-12-6-20(7-13-22)28-26(32)18-37-24-10-4-19(5-11-24)16-27-29-25(31)17-30(38(3,33)34)21-8-14-23(36-2)15-9-21/h4-16H,17-18H2,1-3H3,(H,28,32)(H,29,31)/b27-16-. The fourth-order valence-corrected chi connectivity index (χ4v) is 4.02. The van der Waals surface area contributed by atoms with Crippen LogP contribution in [0.4, 0.5) is 11.4 Å². The molecule has 3 rings (SSSR count). The number of carbonyl (C=O) groups is 2. The van der Waals surface area contributed by atoms with Crippen molar-refractivity contribution >= 4 is 39.4 Å². The SMILES string of the molecule is COc1ccc(NC(=O)COc2ccc(/C=N\NC(=O)CN(c3ccc(OC)cc3)S(C)(=O)=O)cc2)cc1. The van der Waals surface area contributed by atoms with Gasteiger partial charge in [-0.3, -0.25) is 13.9 Å². The number of anilines is 2. The molecule has 0 heterocycles. The molecule has 0 saturated carbocycles. The number of amides is 2. The summed E-state index contributed by atoms with van der Waals surface area (Å²) in [6, 6.07) is 19.9. The molecule has 0 aliphatic rings. The van der Waals surface area contributed by atoms with E-state index in [4.69, 9.17) is 14.2 Å². The van der Waals surface area contributed by atoms with E-state index in [9.17, 15) is 18.0 Å². The van der Waals surface area contributed by atoms with Gasteiger partial charge in [0.15, 0.2) is 6.61 Å². The summed E-state index contributed by atoms with van der Waals surface area (Å²) in [6.07, 6.45) is 2.41. The first-order chi connectivity index (χ1) is 18.2. The van der Waals surface area contributed by atoms with Gasteiger partial charge in [-0.05, 0) is 78.4 Å². The highest BCUT2D eigenvalue weighted by atomic mass is 32.2. The van der Waals surface area contributed by atoms with E-state index in [1.165, 1.54) is 13.3 Å². The average Bonchev–Trinajstić information content (AvgIpc) is 2.91. The lowest BCUT2D eigenvalue weighted by atomic mass is 10.2. The van der Waals surface area contributed by atoms with E-state index in [0.717, 1.165) is 10.6 Å². The first kappa shape index (κ1) is 28.0. The molecule has 0 aliphatic heterocycles. The van der Waals surface area contributed by atoms with Gasteiger partial charge in [-0.15, -0.1) is 0 Å². The molecule has 200 valence electrons. The highest BCUT2D eigenvalue weighted by molar-refractivity contribution is 7.92. The third kappa shape index (κ3) is 8.52. The number of carbonyl (C=O) groups excluding carboxylic acids is 2. The highest BCUT2D eigenvalue weighted by Gasteiger charge is 2.20. The molecule has 0 atom stereocenters. The minimum absolute atomic E-state index is 0.180. The minimum Gasteiger partial charge on any atom is -0.497 e. The Morgan fingerprint density at radius 1 is 0.842 bits per heavy atom. The summed E-state index contributed by atoms with van der Waals surface area (Å²) in [4.78, 5) is 24.4. The van der Waals surface area contributed by atoms with Gasteiger partial charge in [0.25, 0.3) is 11.8 Å². The Labute approximate surface area is 221 Å². The molecule has 0 radical (unpaired) electrons. The van der Waals surface area contributed by atoms with Gasteiger partial charge in [0.1, 0.15) is 23.8 Å². The van der Waals surface area contributed by atoms with Crippen molar-refractivity contribution in [1.29, 1.82) is 0 Å². The second kappa shape index (κ2) is 13.1. The zero-order valence-electron chi connectivity index (χ0n) is 21.1. The zero-order valence-corrected chi connectivity index (χ0v) is 21.9. The highest BCUT2D eigenvalue weighted by Crippen LogP contribution is 2.21. The topological polar surface area (TPSA) is 136 Å². The fourth-order valence-electron chi connectivity index (χ4n) is 3.16. The van der Waals surface area contributed by atoms with Crippen molar-refractivity contribution < 1.29 is 32.2 Å². The normalized spacial score (nSPS) is 11.0. The van der Waals surface area contributed by atoms with E-state index < -0.39 is 22.5 Å². The van der Waals surface area contributed by atoms with Crippen molar-refractivity contribution in [3.8, 4) is 17.2 Å². The van der Waals surface area contributed by atoms with E-state index in [0.29, 0.717) is 34.2 Å². The summed E-state index contributed by atoms with van der Waals surface area (Å²) < 4.78 is 41.0. The van der Waals surface area contributed by atoms with Crippen molar-refractivity contribution in [3.63, 3.8) is 0 Å². The van der Waals surface area contributed by atoms with Crippen LogP contribution < -0.4 is 29.3 Å². The summed E-state index contributed by atoms with van der Waals surface area (Å²) in [6.45, 7) is -0.631. The van der Waals surface area contributed by atoms with E-state index in [1.807, 2.05) is 0 Å². The Balaban J connectivity index is 1.48. The molecule has 0 bridgehead atoms. The van der Waals surface area contributed by atoms with Crippen LogP contribution in [-0.4, -0.2) is 60.1 Å². The maximum Gasteiger partial charge on any atom is 0.262 e. The van der Waals surface area contributed by atoms with Crippen molar-refractivity contribution in [1.82, 2.24) is 5.43 Å². The third-order valence-corrected chi connectivity index (χ3v) is 6.22. The van der Waals surface area contributed by atoms with Crippen LogP contribution >= 0.6 is 0 Å². The lowest BCUT2D eigenvalue weighted by Gasteiger charge is -2.21. The Morgan fingerprint density at radius 3 is 1.95 bits per heavy atom. The van der Waals surface area contributed by atoms with Gasteiger partial charge in [0.2, 0.25) is 10.0 Å². The molecule has 12 heteroatoms. The monoisotopic (exact) mass is 540 g/mol. The van der Waals surface area contributed by atoms with E-state index in [1.54, 1.807) is 79.9 Å².